The Hall–Kier alpha value is -6.77. The van der Waals surface area contributed by atoms with E-state index in [9.17, 15) is 19.2 Å². The molecule has 1 aliphatic carbocycles. The lowest BCUT2D eigenvalue weighted by atomic mass is 9.97. The summed E-state index contributed by atoms with van der Waals surface area (Å²) in [7, 11) is 2.57. The zero-order chi connectivity index (χ0) is 45.4. The average molecular weight is 868 g/mol. The molecule has 0 radical (unpaired) electrons. The third-order valence-corrected chi connectivity index (χ3v) is 13.5. The van der Waals surface area contributed by atoms with Crippen LogP contribution in [0, 0.1) is 28.6 Å². The van der Waals surface area contributed by atoms with Gasteiger partial charge in [0.1, 0.15) is 29.8 Å². The summed E-state index contributed by atoms with van der Waals surface area (Å²) in [4.78, 5) is 72.3. The second kappa shape index (κ2) is 17.8. The van der Waals surface area contributed by atoms with Gasteiger partial charge in [-0.2, -0.15) is 0 Å². The van der Waals surface area contributed by atoms with Crippen molar-refractivity contribution in [2.24, 2.45) is 23.2 Å². The molecular formula is C49H57N9O6. The van der Waals surface area contributed by atoms with E-state index in [1.165, 1.54) is 20.4 Å². The number of fused-ring (bicyclic) bond motifs is 1. The summed E-state index contributed by atoms with van der Waals surface area (Å²) in [5, 5.41) is 15.6. The van der Waals surface area contributed by atoms with Crippen LogP contribution >= 0.6 is 0 Å². The van der Waals surface area contributed by atoms with Crippen molar-refractivity contribution < 1.29 is 28.7 Å². The van der Waals surface area contributed by atoms with E-state index >= 15 is 0 Å². The van der Waals surface area contributed by atoms with Gasteiger partial charge in [-0.1, -0.05) is 89.2 Å². The molecule has 1 saturated carbocycles. The highest BCUT2D eigenvalue weighted by atomic mass is 16.5. The van der Waals surface area contributed by atoms with Gasteiger partial charge in [0.15, 0.2) is 0 Å². The predicted octanol–water partition coefficient (Wildman–Crippen LogP) is 8.20. The van der Waals surface area contributed by atoms with Gasteiger partial charge < -0.3 is 45.3 Å². The van der Waals surface area contributed by atoms with Crippen molar-refractivity contribution in [1.29, 1.82) is 5.41 Å². The van der Waals surface area contributed by atoms with Gasteiger partial charge in [0, 0.05) is 30.8 Å². The van der Waals surface area contributed by atoms with Crippen LogP contribution in [-0.4, -0.2) is 99.3 Å². The number of imidazole rings is 2. The number of alkyl carbamates (subject to hydrolysis) is 2. The predicted molar refractivity (Wildman–Crippen MR) is 244 cm³/mol. The Morgan fingerprint density at radius 1 is 0.812 bits per heavy atom. The fraction of sp³-hybridized carbons (Fsp3) is 0.408. The molecule has 2 aliphatic heterocycles. The van der Waals surface area contributed by atoms with E-state index in [-0.39, 0.29) is 47.6 Å². The van der Waals surface area contributed by atoms with Gasteiger partial charge in [-0.3, -0.25) is 9.59 Å². The molecule has 4 amide bonds. The normalized spacial score (nSPS) is 20.3. The number of hydrogen-bond donors (Lipinski definition) is 5. The maximum atomic E-state index is 14.1. The molecule has 4 heterocycles. The van der Waals surface area contributed by atoms with Crippen molar-refractivity contribution in [2.45, 2.75) is 77.5 Å². The molecule has 3 aliphatic rings. The van der Waals surface area contributed by atoms with Crippen LogP contribution in [0.4, 0.5) is 9.59 Å². The van der Waals surface area contributed by atoms with Crippen LogP contribution < -0.4 is 10.6 Å². The smallest absolute Gasteiger partial charge is 0.407 e. The van der Waals surface area contributed by atoms with Gasteiger partial charge >= 0.3 is 12.2 Å². The zero-order valence-electron chi connectivity index (χ0n) is 37.2. The molecule has 5 N–H and O–H groups in total. The van der Waals surface area contributed by atoms with Gasteiger partial charge in [-0.25, -0.2) is 19.6 Å². The Bertz CT molecular complexity index is 2590. The summed E-state index contributed by atoms with van der Waals surface area (Å²) < 4.78 is 9.64. The Balaban J connectivity index is 0.974. The van der Waals surface area contributed by atoms with Crippen molar-refractivity contribution >= 4 is 41.0 Å². The second-order valence-electron chi connectivity index (χ2n) is 18.0. The summed E-state index contributed by atoms with van der Waals surface area (Å²) in [5.74, 6) is 0.260. The lowest BCUT2D eigenvalue weighted by Gasteiger charge is -2.30. The van der Waals surface area contributed by atoms with Crippen molar-refractivity contribution in [3.8, 4) is 33.6 Å². The number of nitrogens with zero attached hydrogens (tertiary/aromatic N) is 4. The number of carbonyl (C=O) groups is 4. The van der Waals surface area contributed by atoms with Crippen molar-refractivity contribution in [2.75, 3.05) is 27.3 Å². The summed E-state index contributed by atoms with van der Waals surface area (Å²) >= 11 is 0. The topological polar surface area (TPSA) is 198 Å². The third kappa shape index (κ3) is 8.50. The molecule has 5 aromatic rings. The van der Waals surface area contributed by atoms with E-state index in [0.717, 1.165) is 69.5 Å². The van der Waals surface area contributed by atoms with E-state index in [0.29, 0.717) is 24.4 Å². The van der Waals surface area contributed by atoms with Crippen molar-refractivity contribution in [3.05, 3.63) is 96.9 Å². The number of nitrogens with one attached hydrogen (secondary N) is 5. The molecule has 15 heteroatoms. The molecule has 3 fully saturated rings. The monoisotopic (exact) mass is 867 g/mol. The van der Waals surface area contributed by atoms with Gasteiger partial charge in [-0.05, 0) is 81.7 Å². The summed E-state index contributed by atoms with van der Waals surface area (Å²) in [6.07, 6.45) is 7.24. The quantitative estimate of drug-likeness (QED) is 0.0576. The van der Waals surface area contributed by atoms with Crippen LogP contribution in [0.2, 0.25) is 0 Å². The molecule has 334 valence electrons. The minimum Gasteiger partial charge on any atom is -0.453 e. The minimum absolute atomic E-state index is 0.110. The standard InChI is InChI=1S/C49H57N9O6/c1-8-28(4)41(56-48(62)64-7)46(60)57-25-36(22-50)29(5)42(57)44-52-24-38(54-44)35-16-15-33-19-32(13-14-34(33)20-35)30-9-11-31(12-10-30)37-23-51-43(53-37)39-21-49(17-18-49)26-58(39)45(59)40(27(2)3)55-47(61)63-6/h9-16,19-20,22-24,27-28,36,39-42,50H,5,8,17-18,21,25-26H2,1-4,6-7H3,(H,51,53)(H,52,54)(H,55,61)(H,56,62)/t28-,36+,39-,40-,41-,42-/m0/s1. The Morgan fingerprint density at radius 2 is 1.36 bits per heavy atom. The van der Waals surface area contributed by atoms with E-state index in [1.807, 2.05) is 44.9 Å². The minimum atomic E-state index is -0.814. The number of ether oxygens (including phenoxy) is 2. The molecule has 0 bridgehead atoms. The van der Waals surface area contributed by atoms with Crippen LogP contribution in [0.5, 0.6) is 0 Å². The number of aromatic amines is 2. The van der Waals surface area contributed by atoms with E-state index in [4.69, 9.17) is 24.9 Å². The van der Waals surface area contributed by atoms with Gasteiger partial charge in [0.05, 0.1) is 44.0 Å². The first-order valence-corrected chi connectivity index (χ1v) is 22.0. The number of carbonyl (C=O) groups excluding carboxylic acids is 4. The largest absolute Gasteiger partial charge is 0.453 e. The first kappa shape index (κ1) is 43.9. The summed E-state index contributed by atoms with van der Waals surface area (Å²) in [6.45, 7) is 12.9. The molecule has 2 saturated heterocycles. The number of aromatic nitrogens is 4. The molecule has 2 aromatic heterocycles. The Labute approximate surface area is 372 Å². The summed E-state index contributed by atoms with van der Waals surface area (Å²) in [6, 6.07) is 18.6. The number of likely N-dealkylation sites (tertiary alicyclic amines) is 2. The van der Waals surface area contributed by atoms with E-state index in [1.54, 1.807) is 11.1 Å². The van der Waals surface area contributed by atoms with Crippen molar-refractivity contribution in [1.82, 2.24) is 40.4 Å². The molecule has 64 heavy (non-hydrogen) atoms. The Morgan fingerprint density at radius 3 is 1.97 bits per heavy atom. The van der Waals surface area contributed by atoms with Gasteiger partial charge in [-0.15, -0.1) is 0 Å². The van der Waals surface area contributed by atoms with Gasteiger partial charge in [0.25, 0.3) is 0 Å². The fourth-order valence-corrected chi connectivity index (χ4v) is 9.24. The van der Waals surface area contributed by atoms with Crippen LogP contribution in [0.1, 0.15) is 77.1 Å². The van der Waals surface area contributed by atoms with E-state index < -0.39 is 30.3 Å². The average Bonchev–Trinajstić information content (AvgIpc) is 3.74. The zero-order valence-corrected chi connectivity index (χ0v) is 37.2. The third-order valence-electron chi connectivity index (χ3n) is 13.5. The maximum Gasteiger partial charge on any atom is 0.407 e. The van der Waals surface area contributed by atoms with Gasteiger partial charge in [0.2, 0.25) is 11.8 Å². The number of amides is 4. The number of H-pyrrole nitrogens is 2. The summed E-state index contributed by atoms with van der Waals surface area (Å²) in [5.41, 5.74) is 6.46. The number of hydrogen-bond acceptors (Lipinski definition) is 9. The number of methoxy groups -OCH3 is 2. The van der Waals surface area contributed by atoms with Crippen LogP contribution in [-0.2, 0) is 19.1 Å². The SMILES string of the molecule is C=C1[C@H](C=N)CN(C(=O)[C@@H](NC(=O)OC)[C@@H](C)CC)[C@@H]1c1ncc(-c2ccc3cc(-c4ccc(-c5cnc([C@@H]6CC7(CC7)CN6C(=O)[C@@H](NC(=O)OC)C(C)C)[nH]5)cc4)ccc3c2)[nH]1. The maximum absolute atomic E-state index is 14.1. The van der Waals surface area contributed by atoms with Crippen LogP contribution in [0.15, 0.2) is 85.2 Å². The molecule has 3 aromatic carbocycles. The number of rotatable bonds is 13. The molecular weight excluding hydrogens is 811 g/mol. The Kier molecular flexibility index (Phi) is 12.2. The van der Waals surface area contributed by atoms with Crippen LogP contribution in [0.3, 0.4) is 0 Å². The number of benzene rings is 3. The molecule has 1 spiro atoms. The lowest BCUT2D eigenvalue weighted by molar-refractivity contribution is -0.136. The molecule has 8 rings (SSSR count). The highest BCUT2D eigenvalue weighted by molar-refractivity contribution is 5.91. The molecule has 15 nitrogen and oxygen atoms in total. The second-order valence-corrected chi connectivity index (χ2v) is 18.0. The van der Waals surface area contributed by atoms with Crippen LogP contribution in [0.25, 0.3) is 44.4 Å². The first-order chi connectivity index (χ1) is 30.8. The fourth-order valence-electron chi connectivity index (χ4n) is 9.24. The highest BCUT2D eigenvalue weighted by Gasteiger charge is 2.55. The molecule has 0 unspecified atom stereocenters. The first-order valence-electron chi connectivity index (χ1n) is 22.0. The lowest BCUT2D eigenvalue weighted by Crippen LogP contribution is -2.51. The van der Waals surface area contributed by atoms with E-state index in [2.05, 4.69) is 81.8 Å². The molecule has 6 atom stereocenters. The van der Waals surface area contributed by atoms with Crippen molar-refractivity contribution in [3.63, 3.8) is 0 Å². The highest BCUT2D eigenvalue weighted by Crippen LogP contribution is 2.58.